The quantitative estimate of drug-likeness (QED) is 0.925. The molecule has 0 aliphatic carbocycles. The summed E-state index contributed by atoms with van der Waals surface area (Å²) in [6.07, 6.45) is 3.09. The van der Waals surface area contributed by atoms with Gasteiger partial charge < -0.3 is 5.32 Å². The minimum Gasteiger partial charge on any atom is -0.350 e. The molecular weight excluding hydrogens is 318 g/mol. The normalized spacial score (nSPS) is 10.3. The SMILES string of the molecule is O=C(NCCn1cccnc1=O)c1cc(Br)cs1. The highest BCUT2D eigenvalue weighted by atomic mass is 79.9. The molecule has 0 aliphatic rings. The Morgan fingerprint density at radius 3 is 3.06 bits per heavy atom. The Balaban J connectivity index is 1.88. The number of nitrogens with zero attached hydrogens (tertiary/aromatic N) is 2. The smallest absolute Gasteiger partial charge is 0.347 e. The molecule has 0 atom stereocenters. The second-order valence-electron chi connectivity index (χ2n) is 3.48. The fraction of sp³-hybridized carbons (Fsp3) is 0.182. The van der Waals surface area contributed by atoms with Crippen molar-refractivity contribution >= 4 is 33.2 Å². The third-order valence-corrected chi connectivity index (χ3v) is 3.90. The molecule has 0 aromatic carbocycles. The zero-order chi connectivity index (χ0) is 13.0. The van der Waals surface area contributed by atoms with Crippen LogP contribution in [0.1, 0.15) is 9.67 Å². The Hall–Kier alpha value is -1.47. The number of amides is 1. The van der Waals surface area contributed by atoms with Crippen molar-refractivity contribution in [2.24, 2.45) is 0 Å². The molecule has 0 radical (unpaired) electrons. The lowest BCUT2D eigenvalue weighted by Gasteiger charge is -2.05. The van der Waals surface area contributed by atoms with Gasteiger partial charge in [-0.15, -0.1) is 11.3 Å². The van der Waals surface area contributed by atoms with Gasteiger partial charge in [0, 0.05) is 35.3 Å². The van der Waals surface area contributed by atoms with Gasteiger partial charge in [0.05, 0.1) is 4.88 Å². The number of hydrogen-bond acceptors (Lipinski definition) is 4. The maximum atomic E-state index is 11.7. The first-order valence-electron chi connectivity index (χ1n) is 5.20. The van der Waals surface area contributed by atoms with Crippen LogP contribution in [0.5, 0.6) is 0 Å². The molecule has 0 spiro atoms. The molecule has 5 nitrogen and oxygen atoms in total. The molecule has 0 fully saturated rings. The van der Waals surface area contributed by atoms with Crippen LogP contribution in [0.3, 0.4) is 0 Å². The predicted octanol–water partition coefficient (Wildman–Crippen LogP) is 1.50. The van der Waals surface area contributed by atoms with Crippen molar-refractivity contribution in [2.45, 2.75) is 6.54 Å². The maximum Gasteiger partial charge on any atom is 0.347 e. The number of halogens is 1. The summed E-state index contributed by atoms with van der Waals surface area (Å²) >= 11 is 4.66. The largest absolute Gasteiger partial charge is 0.350 e. The first kappa shape index (κ1) is 13.0. The highest BCUT2D eigenvalue weighted by Gasteiger charge is 2.07. The predicted molar refractivity (Wildman–Crippen MR) is 72.8 cm³/mol. The summed E-state index contributed by atoms with van der Waals surface area (Å²) in [7, 11) is 0. The van der Waals surface area contributed by atoms with Crippen molar-refractivity contribution in [1.82, 2.24) is 14.9 Å². The van der Waals surface area contributed by atoms with E-state index in [2.05, 4.69) is 26.2 Å². The summed E-state index contributed by atoms with van der Waals surface area (Å²) in [6.45, 7) is 0.797. The van der Waals surface area contributed by atoms with Crippen LogP contribution in [0, 0.1) is 0 Å². The van der Waals surface area contributed by atoms with E-state index in [0.717, 1.165) is 4.47 Å². The second kappa shape index (κ2) is 5.92. The first-order chi connectivity index (χ1) is 8.66. The highest BCUT2D eigenvalue weighted by molar-refractivity contribution is 9.10. The van der Waals surface area contributed by atoms with Crippen LogP contribution >= 0.6 is 27.3 Å². The van der Waals surface area contributed by atoms with Gasteiger partial charge >= 0.3 is 5.69 Å². The molecule has 0 bridgehead atoms. The van der Waals surface area contributed by atoms with Gasteiger partial charge in [-0.1, -0.05) is 0 Å². The summed E-state index contributed by atoms with van der Waals surface area (Å²) in [5.41, 5.74) is -0.314. The summed E-state index contributed by atoms with van der Waals surface area (Å²) < 4.78 is 2.34. The molecule has 0 saturated heterocycles. The number of rotatable bonds is 4. The van der Waals surface area contributed by atoms with E-state index in [1.165, 1.54) is 22.1 Å². The summed E-state index contributed by atoms with van der Waals surface area (Å²) in [6, 6.07) is 3.44. The molecule has 7 heteroatoms. The van der Waals surface area contributed by atoms with Crippen LogP contribution in [-0.2, 0) is 6.54 Å². The molecule has 94 valence electrons. The Kier molecular flexibility index (Phi) is 4.27. The third kappa shape index (κ3) is 3.27. The molecule has 2 heterocycles. The first-order valence-corrected chi connectivity index (χ1v) is 6.88. The second-order valence-corrected chi connectivity index (χ2v) is 5.31. The molecule has 2 aromatic rings. The van der Waals surface area contributed by atoms with Crippen LogP contribution in [0.25, 0.3) is 0 Å². The Morgan fingerprint density at radius 1 is 1.56 bits per heavy atom. The van der Waals surface area contributed by atoms with Gasteiger partial charge in [-0.05, 0) is 28.1 Å². The molecule has 0 saturated carbocycles. The van der Waals surface area contributed by atoms with Gasteiger partial charge in [0.2, 0.25) is 0 Å². The lowest BCUT2D eigenvalue weighted by atomic mass is 10.4. The maximum absolute atomic E-state index is 11.7. The summed E-state index contributed by atoms with van der Waals surface area (Å²) in [5, 5.41) is 4.60. The molecule has 2 aromatic heterocycles. The van der Waals surface area contributed by atoms with E-state index in [0.29, 0.717) is 18.0 Å². The van der Waals surface area contributed by atoms with E-state index in [4.69, 9.17) is 0 Å². The lowest BCUT2D eigenvalue weighted by molar-refractivity contribution is 0.0956. The number of thiophene rings is 1. The summed E-state index contributed by atoms with van der Waals surface area (Å²) in [5.74, 6) is -0.136. The number of nitrogens with one attached hydrogen (secondary N) is 1. The lowest BCUT2D eigenvalue weighted by Crippen LogP contribution is -2.30. The zero-order valence-corrected chi connectivity index (χ0v) is 11.7. The Bertz CT molecular complexity index is 608. The van der Waals surface area contributed by atoms with Crippen molar-refractivity contribution in [3.63, 3.8) is 0 Å². The van der Waals surface area contributed by atoms with E-state index >= 15 is 0 Å². The Morgan fingerprint density at radius 2 is 2.39 bits per heavy atom. The molecule has 2 rings (SSSR count). The molecule has 1 N–H and O–H groups in total. The average molecular weight is 328 g/mol. The van der Waals surface area contributed by atoms with Gasteiger partial charge in [-0.25, -0.2) is 9.78 Å². The standard InChI is InChI=1S/C11H10BrN3O2S/c12-8-6-9(18-7-8)10(16)13-3-5-15-4-1-2-14-11(15)17/h1-2,4,6-7H,3,5H2,(H,13,16). The van der Waals surface area contributed by atoms with Gasteiger partial charge in [-0.2, -0.15) is 0 Å². The third-order valence-electron chi connectivity index (χ3n) is 2.21. The van der Waals surface area contributed by atoms with Crippen molar-refractivity contribution < 1.29 is 4.79 Å². The molecular formula is C11H10BrN3O2S. The molecule has 18 heavy (non-hydrogen) atoms. The topological polar surface area (TPSA) is 64.0 Å². The number of aromatic nitrogens is 2. The van der Waals surface area contributed by atoms with Crippen LogP contribution < -0.4 is 11.0 Å². The highest BCUT2D eigenvalue weighted by Crippen LogP contribution is 2.19. The van der Waals surface area contributed by atoms with Crippen LogP contribution in [0.2, 0.25) is 0 Å². The molecule has 1 amide bonds. The van der Waals surface area contributed by atoms with Gasteiger partial charge in [0.25, 0.3) is 5.91 Å². The fourth-order valence-corrected chi connectivity index (χ4v) is 2.71. The van der Waals surface area contributed by atoms with Crippen molar-refractivity contribution in [1.29, 1.82) is 0 Å². The van der Waals surface area contributed by atoms with E-state index in [-0.39, 0.29) is 11.6 Å². The number of carbonyl (C=O) groups excluding carboxylic acids is 1. The number of hydrogen-bond donors (Lipinski definition) is 1. The van der Waals surface area contributed by atoms with Crippen molar-refractivity contribution in [2.75, 3.05) is 6.54 Å². The average Bonchev–Trinajstić information content (AvgIpc) is 2.78. The number of carbonyl (C=O) groups is 1. The van der Waals surface area contributed by atoms with E-state index in [1.807, 2.05) is 5.38 Å². The molecule has 0 unspecified atom stereocenters. The molecule has 0 aliphatic heterocycles. The minimum absolute atomic E-state index is 0.136. The monoisotopic (exact) mass is 327 g/mol. The summed E-state index contributed by atoms with van der Waals surface area (Å²) in [4.78, 5) is 27.3. The van der Waals surface area contributed by atoms with Crippen molar-refractivity contribution in [3.8, 4) is 0 Å². The minimum atomic E-state index is -0.314. The van der Waals surface area contributed by atoms with Crippen LogP contribution in [-0.4, -0.2) is 22.0 Å². The Labute approximate surface area is 116 Å². The fourth-order valence-electron chi connectivity index (χ4n) is 1.37. The van der Waals surface area contributed by atoms with E-state index in [1.54, 1.807) is 18.3 Å². The van der Waals surface area contributed by atoms with Gasteiger partial charge in [-0.3, -0.25) is 9.36 Å². The van der Waals surface area contributed by atoms with Crippen molar-refractivity contribution in [3.05, 3.63) is 49.7 Å². The van der Waals surface area contributed by atoms with E-state index in [9.17, 15) is 9.59 Å². The zero-order valence-electron chi connectivity index (χ0n) is 9.30. The van der Waals surface area contributed by atoms with E-state index < -0.39 is 0 Å². The van der Waals surface area contributed by atoms with Crippen LogP contribution in [0.4, 0.5) is 0 Å². The van der Waals surface area contributed by atoms with Crippen LogP contribution in [0.15, 0.2) is 39.2 Å². The van der Waals surface area contributed by atoms with Gasteiger partial charge in [0.1, 0.15) is 0 Å². The van der Waals surface area contributed by atoms with Gasteiger partial charge in [0.15, 0.2) is 0 Å².